The molecule has 6 heteroatoms. The van der Waals surface area contributed by atoms with Gasteiger partial charge in [-0.05, 0) is 17.7 Å². The summed E-state index contributed by atoms with van der Waals surface area (Å²) in [6.45, 7) is 0.127. The smallest absolute Gasteiger partial charge is 0.254 e. The summed E-state index contributed by atoms with van der Waals surface area (Å²) in [5, 5.41) is 2.96. The summed E-state index contributed by atoms with van der Waals surface area (Å²) in [4.78, 5) is 14.8. The largest absolute Gasteiger partial charge is 0.348 e. The second-order valence-electron chi connectivity index (χ2n) is 3.74. The van der Waals surface area contributed by atoms with Gasteiger partial charge in [-0.3, -0.25) is 4.79 Å². The molecule has 0 aliphatic rings. The Morgan fingerprint density at radius 2 is 2.00 bits per heavy atom. The number of carbonyl (C=O) groups excluding carboxylic acids is 1. The molecule has 0 radical (unpaired) electrons. The molecule has 0 spiro atoms. The normalized spacial score (nSPS) is 10.3. The molecule has 0 atom stereocenters. The highest BCUT2D eigenvalue weighted by Gasteiger charge is 2.15. The molecular formula is C13H9ClF2N2O. The maximum atomic E-state index is 13.3. The molecule has 2 rings (SSSR count). The maximum Gasteiger partial charge on any atom is 0.254 e. The molecule has 98 valence electrons. The van der Waals surface area contributed by atoms with Gasteiger partial charge in [-0.1, -0.05) is 29.8 Å². The van der Waals surface area contributed by atoms with E-state index in [0.29, 0.717) is 10.6 Å². The average Bonchev–Trinajstić information content (AvgIpc) is 2.40. The number of nitrogens with one attached hydrogen (secondary N) is 1. The van der Waals surface area contributed by atoms with E-state index in [9.17, 15) is 13.6 Å². The van der Waals surface area contributed by atoms with Crippen LogP contribution in [0.4, 0.5) is 8.78 Å². The Kier molecular flexibility index (Phi) is 4.06. The third-order valence-electron chi connectivity index (χ3n) is 2.49. The Bertz CT molecular complexity index is 619. The van der Waals surface area contributed by atoms with Crippen molar-refractivity contribution in [1.82, 2.24) is 10.3 Å². The lowest BCUT2D eigenvalue weighted by Crippen LogP contribution is -2.24. The number of carbonyl (C=O) groups is 1. The van der Waals surface area contributed by atoms with Crippen LogP contribution in [0, 0.1) is 11.8 Å². The van der Waals surface area contributed by atoms with Crippen LogP contribution in [-0.2, 0) is 6.54 Å². The highest BCUT2D eigenvalue weighted by Crippen LogP contribution is 2.15. The number of rotatable bonds is 3. The molecule has 1 aromatic heterocycles. The minimum absolute atomic E-state index is 0.127. The van der Waals surface area contributed by atoms with Crippen LogP contribution in [0.5, 0.6) is 0 Å². The minimum Gasteiger partial charge on any atom is -0.348 e. The number of aromatic nitrogens is 1. The van der Waals surface area contributed by atoms with Crippen LogP contribution >= 0.6 is 11.6 Å². The molecule has 2 aromatic rings. The summed E-state index contributed by atoms with van der Waals surface area (Å²) >= 11 is 5.91. The fraction of sp³-hybridized carbons (Fsp3) is 0.0769. The van der Waals surface area contributed by atoms with Gasteiger partial charge in [-0.25, -0.2) is 9.37 Å². The van der Waals surface area contributed by atoms with Gasteiger partial charge < -0.3 is 5.32 Å². The number of pyridine rings is 1. The molecule has 0 unspecified atom stereocenters. The van der Waals surface area contributed by atoms with E-state index in [0.717, 1.165) is 12.3 Å². The Balaban J connectivity index is 2.10. The lowest BCUT2D eigenvalue weighted by Gasteiger charge is -2.07. The first kappa shape index (κ1) is 13.4. The van der Waals surface area contributed by atoms with Crippen LogP contribution in [0.3, 0.4) is 0 Å². The van der Waals surface area contributed by atoms with Gasteiger partial charge >= 0.3 is 0 Å². The van der Waals surface area contributed by atoms with Gasteiger partial charge in [0.25, 0.3) is 5.91 Å². The zero-order valence-electron chi connectivity index (χ0n) is 9.66. The number of nitrogens with zero attached hydrogens (tertiary/aromatic N) is 1. The summed E-state index contributed by atoms with van der Waals surface area (Å²) in [7, 11) is 0. The lowest BCUT2D eigenvalue weighted by molar-refractivity contribution is 0.0945. The summed E-state index contributed by atoms with van der Waals surface area (Å²) in [6, 6.07) is 8.04. The van der Waals surface area contributed by atoms with E-state index in [1.54, 1.807) is 24.3 Å². The Hall–Kier alpha value is -2.01. The average molecular weight is 283 g/mol. The van der Waals surface area contributed by atoms with Crippen LogP contribution in [0.15, 0.2) is 36.5 Å². The summed E-state index contributed by atoms with van der Waals surface area (Å²) < 4.78 is 26.2. The van der Waals surface area contributed by atoms with E-state index in [1.165, 1.54) is 0 Å². The second-order valence-corrected chi connectivity index (χ2v) is 4.14. The molecule has 0 saturated heterocycles. The standard InChI is InChI=1S/C13H9ClF2N2O/c14-10-4-2-1-3-8(10)7-18-13(19)9-5-6-17-12(16)11(9)15/h1-6H,7H2,(H,18,19). The van der Waals surface area contributed by atoms with Crippen molar-refractivity contribution >= 4 is 17.5 Å². The van der Waals surface area contributed by atoms with E-state index < -0.39 is 17.7 Å². The Morgan fingerprint density at radius 3 is 2.74 bits per heavy atom. The van der Waals surface area contributed by atoms with E-state index in [4.69, 9.17) is 11.6 Å². The quantitative estimate of drug-likeness (QED) is 0.880. The molecule has 1 N–H and O–H groups in total. The number of hydrogen-bond donors (Lipinski definition) is 1. The van der Waals surface area contributed by atoms with Crippen molar-refractivity contribution < 1.29 is 13.6 Å². The van der Waals surface area contributed by atoms with Gasteiger partial charge in [0.2, 0.25) is 5.95 Å². The van der Waals surface area contributed by atoms with Gasteiger partial charge in [0.1, 0.15) is 0 Å². The molecular weight excluding hydrogens is 274 g/mol. The van der Waals surface area contributed by atoms with E-state index in [-0.39, 0.29) is 12.1 Å². The van der Waals surface area contributed by atoms with Gasteiger partial charge in [0.05, 0.1) is 5.56 Å². The highest BCUT2D eigenvalue weighted by molar-refractivity contribution is 6.31. The van der Waals surface area contributed by atoms with Crippen molar-refractivity contribution in [3.8, 4) is 0 Å². The van der Waals surface area contributed by atoms with Gasteiger partial charge in [0.15, 0.2) is 5.82 Å². The lowest BCUT2D eigenvalue weighted by atomic mass is 10.2. The van der Waals surface area contributed by atoms with Crippen molar-refractivity contribution in [3.05, 3.63) is 64.4 Å². The van der Waals surface area contributed by atoms with Crippen molar-refractivity contribution in [2.24, 2.45) is 0 Å². The first-order valence-electron chi connectivity index (χ1n) is 5.41. The fourth-order valence-corrected chi connectivity index (χ4v) is 1.71. The molecule has 0 fully saturated rings. The topological polar surface area (TPSA) is 42.0 Å². The van der Waals surface area contributed by atoms with Crippen LogP contribution in [0.2, 0.25) is 5.02 Å². The van der Waals surface area contributed by atoms with Gasteiger partial charge in [-0.15, -0.1) is 0 Å². The van der Waals surface area contributed by atoms with Gasteiger partial charge in [-0.2, -0.15) is 4.39 Å². The monoisotopic (exact) mass is 282 g/mol. The number of halogens is 3. The fourth-order valence-electron chi connectivity index (χ4n) is 1.51. The number of hydrogen-bond acceptors (Lipinski definition) is 2. The zero-order valence-corrected chi connectivity index (χ0v) is 10.4. The Labute approximate surface area is 113 Å². The molecule has 0 saturated carbocycles. The maximum absolute atomic E-state index is 13.3. The zero-order chi connectivity index (χ0) is 13.8. The third-order valence-corrected chi connectivity index (χ3v) is 2.86. The first-order chi connectivity index (χ1) is 9.09. The molecule has 3 nitrogen and oxygen atoms in total. The van der Waals surface area contributed by atoms with Crippen molar-refractivity contribution in [2.45, 2.75) is 6.54 Å². The first-order valence-corrected chi connectivity index (χ1v) is 5.79. The van der Waals surface area contributed by atoms with E-state index >= 15 is 0 Å². The van der Waals surface area contributed by atoms with Crippen molar-refractivity contribution in [1.29, 1.82) is 0 Å². The van der Waals surface area contributed by atoms with E-state index in [2.05, 4.69) is 10.3 Å². The Morgan fingerprint density at radius 1 is 1.26 bits per heavy atom. The summed E-state index contributed by atoms with van der Waals surface area (Å²) in [5.41, 5.74) is 0.298. The van der Waals surface area contributed by atoms with Crippen LogP contribution in [0.25, 0.3) is 0 Å². The third kappa shape index (κ3) is 3.06. The van der Waals surface area contributed by atoms with Crippen LogP contribution in [-0.4, -0.2) is 10.9 Å². The van der Waals surface area contributed by atoms with Crippen LogP contribution < -0.4 is 5.32 Å². The van der Waals surface area contributed by atoms with Crippen molar-refractivity contribution in [2.75, 3.05) is 0 Å². The minimum atomic E-state index is -1.30. The van der Waals surface area contributed by atoms with Crippen molar-refractivity contribution in [3.63, 3.8) is 0 Å². The number of benzene rings is 1. The molecule has 0 bridgehead atoms. The van der Waals surface area contributed by atoms with Crippen LogP contribution in [0.1, 0.15) is 15.9 Å². The predicted molar refractivity (Wildman–Crippen MR) is 66.8 cm³/mol. The predicted octanol–water partition coefficient (Wildman–Crippen LogP) is 2.94. The molecule has 19 heavy (non-hydrogen) atoms. The second kappa shape index (κ2) is 5.75. The molecule has 1 heterocycles. The van der Waals surface area contributed by atoms with E-state index in [1.807, 2.05) is 0 Å². The van der Waals surface area contributed by atoms with Gasteiger partial charge in [0, 0.05) is 17.8 Å². The number of amides is 1. The summed E-state index contributed by atoms with van der Waals surface area (Å²) in [6.07, 6.45) is 1.03. The highest BCUT2D eigenvalue weighted by atomic mass is 35.5. The molecule has 0 aliphatic carbocycles. The SMILES string of the molecule is O=C(NCc1ccccc1Cl)c1ccnc(F)c1F. The summed E-state index contributed by atoms with van der Waals surface area (Å²) in [5.74, 6) is -3.29. The molecule has 1 amide bonds. The molecule has 1 aromatic carbocycles. The molecule has 0 aliphatic heterocycles.